The molecule has 3 rings (SSSR count). The molecule has 0 radical (unpaired) electrons. The molecule has 1 saturated carbocycles. The van der Waals surface area contributed by atoms with Crippen LogP contribution in [0.3, 0.4) is 0 Å². The van der Waals surface area contributed by atoms with E-state index in [9.17, 15) is 0 Å². The van der Waals surface area contributed by atoms with Crippen LogP contribution in [0.4, 0.5) is 0 Å². The fraction of sp³-hybridized carbons (Fsp3) is 0.647. The SMILES string of the molecule is Cc1cc(C)c(C)c(C2(C3CC(N)C3)COC2)c1C. The van der Waals surface area contributed by atoms with Crippen molar-refractivity contribution in [3.8, 4) is 0 Å². The third-order valence-corrected chi connectivity index (χ3v) is 5.54. The van der Waals surface area contributed by atoms with Crippen molar-refractivity contribution in [3.63, 3.8) is 0 Å². The molecule has 0 amide bonds. The van der Waals surface area contributed by atoms with Crippen molar-refractivity contribution in [1.29, 1.82) is 0 Å². The molecule has 1 aliphatic heterocycles. The summed E-state index contributed by atoms with van der Waals surface area (Å²) in [5.41, 5.74) is 13.6. The highest BCUT2D eigenvalue weighted by Gasteiger charge is 2.52. The number of benzene rings is 1. The fourth-order valence-corrected chi connectivity index (χ4v) is 3.98. The third kappa shape index (κ3) is 1.77. The quantitative estimate of drug-likeness (QED) is 0.886. The van der Waals surface area contributed by atoms with E-state index in [1.807, 2.05) is 0 Å². The van der Waals surface area contributed by atoms with Crippen LogP contribution in [0.5, 0.6) is 0 Å². The molecule has 0 spiro atoms. The van der Waals surface area contributed by atoms with Gasteiger partial charge in [-0.15, -0.1) is 0 Å². The second-order valence-corrected chi connectivity index (χ2v) is 6.71. The van der Waals surface area contributed by atoms with Crippen molar-refractivity contribution in [1.82, 2.24) is 0 Å². The minimum atomic E-state index is 0.251. The maximum Gasteiger partial charge on any atom is 0.0588 e. The summed E-state index contributed by atoms with van der Waals surface area (Å²) in [6.45, 7) is 10.8. The van der Waals surface area contributed by atoms with Gasteiger partial charge in [-0.25, -0.2) is 0 Å². The van der Waals surface area contributed by atoms with Crippen molar-refractivity contribution in [2.24, 2.45) is 11.7 Å². The highest BCUT2D eigenvalue weighted by Crippen LogP contribution is 2.50. The fourth-order valence-electron chi connectivity index (χ4n) is 3.98. The molecule has 0 bridgehead atoms. The summed E-state index contributed by atoms with van der Waals surface area (Å²) < 4.78 is 5.63. The Kier molecular flexibility index (Phi) is 2.99. The molecule has 1 saturated heterocycles. The van der Waals surface area contributed by atoms with Gasteiger partial charge in [-0.1, -0.05) is 6.07 Å². The predicted molar refractivity (Wildman–Crippen MR) is 78.6 cm³/mol. The lowest BCUT2D eigenvalue weighted by atomic mass is 9.57. The van der Waals surface area contributed by atoms with Crippen molar-refractivity contribution in [2.45, 2.75) is 52.0 Å². The van der Waals surface area contributed by atoms with Crippen molar-refractivity contribution in [3.05, 3.63) is 33.9 Å². The van der Waals surface area contributed by atoms with Crippen molar-refractivity contribution in [2.75, 3.05) is 13.2 Å². The van der Waals surface area contributed by atoms with Gasteiger partial charge in [-0.05, 0) is 74.3 Å². The smallest absolute Gasteiger partial charge is 0.0588 e. The number of hydrogen-bond acceptors (Lipinski definition) is 2. The first-order chi connectivity index (χ1) is 8.95. The zero-order valence-corrected chi connectivity index (χ0v) is 12.5. The Bertz CT molecular complexity index is 484. The molecular weight excluding hydrogens is 234 g/mol. The van der Waals surface area contributed by atoms with Crippen LogP contribution in [-0.4, -0.2) is 19.3 Å². The average Bonchev–Trinajstić information content (AvgIpc) is 2.26. The summed E-state index contributed by atoms with van der Waals surface area (Å²) in [6, 6.07) is 2.72. The van der Waals surface area contributed by atoms with Crippen LogP contribution in [0.25, 0.3) is 0 Å². The van der Waals surface area contributed by atoms with Gasteiger partial charge >= 0.3 is 0 Å². The second kappa shape index (κ2) is 4.32. The van der Waals surface area contributed by atoms with Crippen LogP contribution >= 0.6 is 0 Å². The number of aryl methyl sites for hydroxylation is 2. The monoisotopic (exact) mass is 259 g/mol. The molecule has 0 unspecified atom stereocenters. The number of nitrogens with two attached hydrogens (primary N) is 1. The Balaban J connectivity index is 2.09. The highest BCUT2D eigenvalue weighted by molar-refractivity contribution is 5.50. The highest BCUT2D eigenvalue weighted by atomic mass is 16.5. The maximum atomic E-state index is 6.02. The van der Waals surface area contributed by atoms with Crippen LogP contribution in [-0.2, 0) is 10.2 Å². The Morgan fingerprint density at radius 2 is 1.58 bits per heavy atom. The lowest BCUT2D eigenvalue weighted by Gasteiger charge is -2.54. The predicted octanol–water partition coefficient (Wildman–Crippen LogP) is 2.93. The first-order valence-electron chi connectivity index (χ1n) is 7.37. The molecule has 0 atom stereocenters. The normalized spacial score (nSPS) is 28.7. The standard InChI is InChI=1S/C17H25NO/c1-10-5-11(2)13(4)16(12(10)3)17(8-19-9-17)14-6-15(18)7-14/h5,14-15H,6-9,18H2,1-4H3. The minimum absolute atomic E-state index is 0.251. The van der Waals surface area contributed by atoms with E-state index >= 15 is 0 Å². The number of rotatable bonds is 2. The second-order valence-electron chi connectivity index (χ2n) is 6.71. The molecular formula is C17H25NO. The van der Waals surface area contributed by atoms with E-state index in [-0.39, 0.29) is 5.41 Å². The summed E-state index contributed by atoms with van der Waals surface area (Å²) in [7, 11) is 0. The van der Waals surface area contributed by atoms with Gasteiger partial charge in [-0.2, -0.15) is 0 Å². The van der Waals surface area contributed by atoms with E-state index < -0.39 is 0 Å². The van der Waals surface area contributed by atoms with E-state index in [0.717, 1.165) is 32.0 Å². The summed E-state index contributed by atoms with van der Waals surface area (Å²) in [6.07, 6.45) is 2.32. The molecule has 2 heteroatoms. The molecule has 1 aliphatic carbocycles. The molecule has 2 fully saturated rings. The van der Waals surface area contributed by atoms with E-state index in [4.69, 9.17) is 10.5 Å². The average molecular weight is 259 g/mol. The van der Waals surface area contributed by atoms with Crippen molar-refractivity contribution >= 4 is 0 Å². The minimum Gasteiger partial charge on any atom is -0.379 e. The topological polar surface area (TPSA) is 35.2 Å². The summed E-state index contributed by atoms with van der Waals surface area (Å²) in [4.78, 5) is 0. The zero-order valence-electron chi connectivity index (χ0n) is 12.5. The lowest BCUT2D eigenvalue weighted by molar-refractivity contribution is -0.111. The Labute approximate surface area is 116 Å². The van der Waals surface area contributed by atoms with Crippen LogP contribution < -0.4 is 5.73 Å². The van der Waals surface area contributed by atoms with Gasteiger partial charge in [0.15, 0.2) is 0 Å². The lowest BCUT2D eigenvalue weighted by Crippen LogP contribution is -2.59. The Morgan fingerprint density at radius 1 is 1.05 bits per heavy atom. The number of ether oxygens (including phenoxy) is 1. The Morgan fingerprint density at radius 3 is 1.95 bits per heavy atom. The molecule has 0 aromatic heterocycles. The maximum absolute atomic E-state index is 6.02. The largest absolute Gasteiger partial charge is 0.379 e. The van der Waals surface area contributed by atoms with E-state index in [0.29, 0.717) is 6.04 Å². The van der Waals surface area contributed by atoms with Crippen LogP contribution in [0, 0.1) is 33.6 Å². The van der Waals surface area contributed by atoms with Crippen LogP contribution in [0.1, 0.15) is 40.7 Å². The van der Waals surface area contributed by atoms with Gasteiger partial charge in [0.2, 0.25) is 0 Å². The van der Waals surface area contributed by atoms with Gasteiger partial charge in [0.05, 0.1) is 13.2 Å². The molecule has 2 aliphatic rings. The van der Waals surface area contributed by atoms with E-state index in [1.165, 1.54) is 22.3 Å². The molecule has 1 aromatic rings. The van der Waals surface area contributed by atoms with Crippen molar-refractivity contribution < 1.29 is 4.74 Å². The molecule has 19 heavy (non-hydrogen) atoms. The van der Waals surface area contributed by atoms with Gasteiger partial charge in [-0.3, -0.25) is 0 Å². The summed E-state index contributed by atoms with van der Waals surface area (Å²) in [5.74, 6) is 0.717. The van der Waals surface area contributed by atoms with Gasteiger partial charge in [0.1, 0.15) is 0 Å². The Hall–Kier alpha value is -0.860. The summed E-state index contributed by atoms with van der Waals surface area (Å²) >= 11 is 0. The van der Waals surface area contributed by atoms with Gasteiger partial charge in [0, 0.05) is 11.5 Å². The first kappa shape index (κ1) is 13.1. The zero-order chi connectivity index (χ0) is 13.8. The van der Waals surface area contributed by atoms with E-state index in [1.54, 1.807) is 5.56 Å². The first-order valence-corrected chi connectivity index (χ1v) is 7.37. The van der Waals surface area contributed by atoms with E-state index in [2.05, 4.69) is 33.8 Å². The van der Waals surface area contributed by atoms with Gasteiger partial charge < -0.3 is 10.5 Å². The molecule has 2 N–H and O–H groups in total. The molecule has 2 nitrogen and oxygen atoms in total. The van der Waals surface area contributed by atoms with Crippen LogP contribution in [0.15, 0.2) is 6.07 Å². The number of hydrogen-bond donors (Lipinski definition) is 1. The van der Waals surface area contributed by atoms with Crippen LogP contribution in [0.2, 0.25) is 0 Å². The molecule has 1 aromatic carbocycles. The van der Waals surface area contributed by atoms with Gasteiger partial charge in [0.25, 0.3) is 0 Å². The third-order valence-electron chi connectivity index (χ3n) is 5.54. The molecule has 1 heterocycles. The summed E-state index contributed by atoms with van der Waals surface area (Å²) in [5, 5.41) is 0. The molecule has 104 valence electrons.